The predicted octanol–water partition coefficient (Wildman–Crippen LogP) is 3.00. The highest BCUT2D eigenvalue weighted by Crippen LogP contribution is 2.40. The highest BCUT2D eigenvalue weighted by molar-refractivity contribution is 7.92. The molecule has 0 amide bonds. The Balaban J connectivity index is 2.86. The molecule has 3 atom stereocenters. The van der Waals surface area contributed by atoms with Gasteiger partial charge in [-0.15, -0.1) is 0 Å². The molecule has 1 saturated carbocycles. The van der Waals surface area contributed by atoms with Crippen molar-refractivity contribution in [3.05, 3.63) is 0 Å². The van der Waals surface area contributed by atoms with Crippen molar-refractivity contribution in [1.29, 1.82) is 0 Å². The van der Waals surface area contributed by atoms with E-state index in [2.05, 4.69) is 26.1 Å². The molecule has 1 rings (SSSR count). The lowest BCUT2D eigenvalue weighted by Crippen LogP contribution is -2.49. The van der Waals surface area contributed by atoms with Gasteiger partial charge in [-0.1, -0.05) is 34.1 Å². The average Bonchev–Trinajstić information content (AvgIpc) is 2.34. The third kappa shape index (κ3) is 4.45. The Hall–Kier alpha value is -0.0900. The molecule has 0 aromatic carbocycles. The van der Waals surface area contributed by atoms with E-state index in [1.807, 2.05) is 14.0 Å². The summed E-state index contributed by atoms with van der Waals surface area (Å²) in [5, 5.41) is 3.04. The summed E-state index contributed by atoms with van der Waals surface area (Å²) in [5.74, 6) is 0.863. The fourth-order valence-electron chi connectivity index (χ4n) is 3.14. The molecule has 0 spiro atoms. The number of sulfone groups is 1. The van der Waals surface area contributed by atoms with Crippen molar-refractivity contribution < 1.29 is 8.42 Å². The van der Waals surface area contributed by atoms with Gasteiger partial charge in [0.25, 0.3) is 0 Å². The Labute approximate surface area is 119 Å². The van der Waals surface area contributed by atoms with Crippen molar-refractivity contribution in [3.63, 3.8) is 0 Å². The lowest BCUT2D eigenvalue weighted by atomic mass is 9.71. The summed E-state index contributed by atoms with van der Waals surface area (Å²) in [5.41, 5.74) is 0.206. The average molecular weight is 289 g/mol. The van der Waals surface area contributed by atoms with Crippen molar-refractivity contribution >= 4 is 9.84 Å². The van der Waals surface area contributed by atoms with Crippen LogP contribution in [0.3, 0.4) is 0 Å². The Kier molecular flexibility index (Phi) is 5.87. The standard InChI is InChI=1S/C15H31NO2S/c1-6-7-10-19(17,18)14-11-12(15(2,3)4)8-9-13(14)16-5/h12-14,16H,6-11H2,1-5H3. The third-order valence-electron chi connectivity index (χ3n) is 4.63. The van der Waals surface area contributed by atoms with Gasteiger partial charge in [-0.25, -0.2) is 8.42 Å². The minimum absolute atomic E-state index is 0.139. The predicted molar refractivity (Wildman–Crippen MR) is 82.1 cm³/mol. The Morgan fingerprint density at radius 3 is 2.32 bits per heavy atom. The summed E-state index contributed by atoms with van der Waals surface area (Å²) in [6.45, 7) is 8.73. The van der Waals surface area contributed by atoms with Crippen LogP contribution >= 0.6 is 0 Å². The van der Waals surface area contributed by atoms with E-state index in [1.54, 1.807) is 0 Å². The maximum Gasteiger partial charge on any atom is 0.154 e. The van der Waals surface area contributed by atoms with Gasteiger partial charge in [-0.3, -0.25) is 0 Å². The van der Waals surface area contributed by atoms with E-state index in [1.165, 1.54) is 0 Å². The molecule has 19 heavy (non-hydrogen) atoms. The Morgan fingerprint density at radius 2 is 1.84 bits per heavy atom. The van der Waals surface area contributed by atoms with Crippen molar-refractivity contribution in [1.82, 2.24) is 5.32 Å². The molecule has 1 aliphatic carbocycles. The minimum Gasteiger partial charge on any atom is -0.316 e. The fraction of sp³-hybridized carbons (Fsp3) is 1.00. The van der Waals surface area contributed by atoms with E-state index in [9.17, 15) is 8.42 Å². The van der Waals surface area contributed by atoms with Gasteiger partial charge in [0.05, 0.1) is 11.0 Å². The molecule has 114 valence electrons. The van der Waals surface area contributed by atoms with Crippen molar-refractivity contribution in [2.75, 3.05) is 12.8 Å². The SMILES string of the molecule is CCCCS(=O)(=O)C1CC(C(C)(C)C)CCC1NC. The van der Waals surface area contributed by atoms with Gasteiger partial charge >= 0.3 is 0 Å². The van der Waals surface area contributed by atoms with Crippen LogP contribution in [0.1, 0.15) is 59.8 Å². The highest BCUT2D eigenvalue weighted by Gasteiger charge is 2.41. The van der Waals surface area contributed by atoms with Gasteiger partial charge < -0.3 is 5.32 Å². The van der Waals surface area contributed by atoms with Gasteiger partial charge in [0.15, 0.2) is 9.84 Å². The summed E-state index contributed by atoms with van der Waals surface area (Å²) in [6.07, 6.45) is 4.67. The Bertz CT molecular complexity index is 370. The maximum absolute atomic E-state index is 12.5. The number of nitrogens with one attached hydrogen (secondary N) is 1. The lowest BCUT2D eigenvalue weighted by Gasteiger charge is -2.41. The first-order chi connectivity index (χ1) is 8.72. The van der Waals surface area contributed by atoms with E-state index in [4.69, 9.17) is 0 Å². The number of rotatable bonds is 5. The van der Waals surface area contributed by atoms with Crippen LogP contribution in [-0.4, -0.2) is 32.5 Å². The normalized spacial score (nSPS) is 29.4. The van der Waals surface area contributed by atoms with Crippen LogP contribution in [0, 0.1) is 11.3 Å². The monoisotopic (exact) mass is 289 g/mol. The van der Waals surface area contributed by atoms with Crippen molar-refractivity contribution in [3.8, 4) is 0 Å². The molecule has 0 radical (unpaired) electrons. The highest BCUT2D eigenvalue weighted by atomic mass is 32.2. The number of unbranched alkanes of at least 4 members (excludes halogenated alkanes) is 1. The van der Waals surface area contributed by atoms with Crippen LogP contribution in [0.15, 0.2) is 0 Å². The zero-order valence-electron chi connectivity index (χ0n) is 13.2. The molecule has 3 nitrogen and oxygen atoms in total. The van der Waals surface area contributed by atoms with Crippen LogP contribution in [0.5, 0.6) is 0 Å². The van der Waals surface area contributed by atoms with Gasteiger partial charge in [-0.2, -0.15) is 0 Å². The van der Waals surface area contributed by atoms with E-state index in [-0.39, 0.29) is 16.7 Å². The summed E-state index contributed by atoms with van der Waals surface area (Å²) in [7, 11) is -1.07. The van der Waals surface area contributed by atoms with Crippen LogP contribution < -0.4 is 5.32 Å². The first kappa shape index (κ1) is 17.0. The molecule has 4 heteroatoms. The summed E-state index contributed by atoms with van der Waals surface area (Å²) < 4.78 is 25.1. The third-order valence-corrected chi connectivity index (χ3v) is 6.93. The van der Waals surface area contributed by atoms with E-state index < -0.39 is 9.84 Å². The maximum atomic E-state index is 12.5. The summed E-state index contributed by atoms with van der Waals surface area (Å²) >= 11 is 0. The molecule has 0 aromatic rings. The molecule has 1 N–H and O–H groups in total. The number of hydrogen-bond donors (Lipinski definition) is 1. The van der Waals surface area contributed by atoms with Gasteiger partial charge in [-0.05, 0) is 44.1 Å². The molecule has 0 saturated heterocycles. The summed E-state index contributed by atoms with van der Waals surface area (Å²) in [6, 6.07) is 0.139. The second-order valence-corrected chi connectivity index (χ2v) is 9.37. The zero-order chi connectivity index (χ0) is 14.7. The smallest absolute Gasteiger partial charge is 0.154 e. The first-order valence-corrected chi connectivity index (χ1v) is 9.32. The number of hydrogen-bond acceptors (Lipinski definition) is 3. The van der Waals surface area contributed by atoms with Crippen molar-refractivity contribution in [2.45, 2.75) is 71.1 Å². The molecular formula is C15H31NO2S. The van der Waals surface area contributed by atoms with Crippen molar-refractivity contribution in [2.24, 2.45) is 11.3 Å². The van der Waals surface area contributed by atoms with Gasteiger partial charge in [0.2, 0.25) is 0 Å². The largest absolute Gasteiger partial charge is 0.316 e. The topological polar surface area (TPSA) is 46.2 Å². The van der Waals surface area contributed by atoms with E-state index in [0.29, 0.717) is 11.7 Å². The van der Waals surface area contributed by atoms with Crippen LogP contribution in [0.4, 0.5) is 0 Å². The van der Waals surface area contributed by atoms with E-state index in [0.717, 1.165) is 32.1 Å². The Morgan fingerprint density at radius 1 is 1.21 bits per heavy atom. The lowest BCUT2D eigenvalue weighted by molar-refractivity contribution is 0.164. The quantitative estimate of drug-likeness (QED) is 0.846. The molecule has 1 fully saturated rings. The fourth-order valence-corrected chi connectivity index (χ4v) is 5.43. The molecule has 0 bridgehead atoms. The van der Waals surface area contributed by atoms with Gasteiger partial charge in [0.1, 0.15) is 0 Å². The molecule has 0 heterocycles. The van der Waals surface area contributed by atoms with E-state index >= 15 is 0 Å². The summed E-state index contributed by atoms with van der Waals surface area (Å²) in [4.78, 5) is 0. The molecular weight excluding hydrogens is 258 g/mol. The first-order valence-electron chi connectivity index (χ1n) is 7.61. The minimum atomic E-state index is -2.96. The second kappa shape index (κ2) is 6.57. The van der Waals surface area contributed by atoms with Crippen LogP contribution in [-0.2, 0) is 9.84 Å². The zero-order valence-corrected chi connectivity index (χ0v) is 14.0. The second-order valence-electron chi connectivity index (χ2n) is 7.03. The molecule has 1 aliphatic rings. The molecule has 0 aliphatic heterocycles. The van der Waals surface area contributed by atoms with Gasteiger partial charge in [0, 0.05) is 6.04 Å². The molecule has 0 aromatic heterocycles. The molecule has 3 unspecified atom stereocenters. The van der Waals surface area contributed by atoms with Crippen LogP contribution in [0.2, 0.25) is 0 Å². The van der Waals surface area contributed by atoms with Crippen LogP contribution in [0.25, 0.3) is 0 Å².